The Balaban J connectivity index is 1.41. The monoisotopic (exact) mass is 504 g/mol. The summed E-state index contributed by atoms with van der Waals surface area (Å²) in [5, 5.41) is 10.2. The van der Waals surface area contributed by atoms with Gasteiger partial charge < -0.3 is 19.5 Å². The quantitative estimate of drug-likeness (QED) is 0.551. The van der Waals surface area contributed by atoms with E-state index in [9.17, 15) is 23.1 Å². The van der Waals surface area contributed by atoms with Crippen LogP contribution < -0.4 is 0 Å². The molecule has 2 fully saturated rings. The van der Waals surface area contributed by atoms with Crippen molar-refractivity contribution in [3.63, 3.8) is 0 Å². The summed E-state index contributed by atoms with van der Waals surface area (Å²) in [5.41, 5.74) is 1.70. The summed E-state index contributed by atoms with van der Waals surface area (Å²) in [6.45, 7) is 1.40. The van der Waals surface area contributed by atoms with E-state index < -0.39 is 17.8 Å². The van der Waals surface area contributed by atoms with Crippen molar-refractivity contribution in [2.75, 3.05) is 26.2 Å². The number of piperidine rings is 1. The van der Waals surface area contributed by atoms with E-state index >= 15 is 0 Å². The van der Waals surface area contributed by atoms with Crippen molar-refractivity contribution in [1.29, 1.82) is 0 Å². The van der Waals surface area contributed by atoms with Gasteiger partial charge in [-0.1, -0.05) is 29.8 Å². The number of nitrogens with zero attached hydrogens (tertiary/aromatic N) is 4. The second-order valence-corrected chi connectivity index (χ2v) is 9.62. The highest BCUT2D eigenvalue weighted by atomic mass is 35.5. The highest BCUT2D eigenvalue weighted by Crippen LogP contribution is 2.37. The number of aromatic nitrogens is 2. The maximum Gasteiger partial charge on any atom is 0.416 e. The number of halogens is 4. The maximum absolute atomic E-state index is 13.1. The number of likely N-dealkylation sites (tertiary alicyclic amines) is 2. The van der Waals surface area contributed by atoms with Crippen LogP contribution in [-0.4, -0.2) is 62.8 Å². The van der Waals surface area contributed by atoms with E-state index in [0.717, 1.165) is 29.1 Å². The van der Waals surface area contributed by atoms with Gasteiger partial charge in [0.05, 0.1) is 36.8 Å². The molecule has 184 valence electrons. The standard InChI is InChI=1S/C25H24ClF3N4O2/c26-20-2-1-3-21(9-20)33-14-23(30-15-33)18-8-17(16-4-6-19(7-5-16)25(27,28)29)10-31(11-18)24(35)32-12-22(34)13-32/h1-7,9,14-15,17-18,22,34H,8,10-13H2. The minimum absolute atomic E-state index is 0.105. The summed E-state index contributed by atoms with van der Waals surface area (Å²) in [4.78, 5) is 21.0. The molecule has 35 heavy (non-hydrogen) atoms. The lowest BCUT2D eigenvalue weighted by atomic mass is 9.83. The lowest BCUT2D eigenvalue weighted by Gasteiger charge is -2.43. The van der Waals surface area contributed by atoms with Crippen molar-refractivity contribution in [3.05, 3.63) is 82.9 Å². The molecule has 0 aliphatic carbocycles. The molecule has 0 radical (unpaired) electrons. The van der Waals surface area contributed by atoms with Gasteiger partial charge in [0, 0.05) is 41.8 Å². The Bertz CT molecular complexity index is 1210. The molecule has 2 aromatic carbocycles. The van der Waals surface area contributed by atoms with Crippen LogP contribution in [0.25, 0.3) is 5.69 Å². The number of hydrogen-bond donors (Lipinski definition) is 1. The van der Waals surface area contributed by atoms with Crippen LogP contribution >= 0.6 is 11.6 Å². The zero-order valence-corrected chi connectivity index (χ0v) is 19.5. The molecule has 10 heteroatoms. The molecule has 2 amide bonds. The fraction of sp³-hybridized carbons (Fsp3) is 0.360. The van der Waals surface area contributed by atoms with E-state index in [1.54, 1.807) is 22.2 Å². The van der Waals surface area contributed by atoms with Crippen molar-refractivity contribution in [1.82, 2.24) is 19.4 Å². The first kappa shape index (κ1) is 23.7. The summed E-state index contributed by atoms with van der Waals surface area (Å²) in [7, 11) is 0. The minimum atomic E-state index is -4.40. The highest BCUT2D eigenvalue weighted by Gasteiger charge is 2.38. The van der Waals surface area contributed by atoms with Gasteiger partial charge in [0.1, 0.15) is 0 Å². The van der Waals surface area contributed by atoms with Gasteiger partial charge in [-0.05, 0) is 42.3 Å². The minimum Gasteiger partial charge on any atom is -0.389 e. The molecule has 1 aromatic heterocycles. The number of carbonyl (C=O) groups is 1. The molecular weight excluding hydrogens is 481 g/mol. The van der Waals surface area contributed by atoms with Gasteiger partial charge in [-0.2, -0.15) is 13.2 Å². The van der Waals surface area contributed by atoms with Crippen LogP contribution in [0.3, 0.4) is 0 Å². The normalized spacial score (nSPS) is 21.2. The van der Waals surface area contributed by atoms with Crippen molar-refractivity contribution in [2.45, 2.75) is 30.5 Å². The van der Waals surface area contributed by atoms with Gasteiger partial charge in [0.25, 0.3) is 0 Å². The number of aliphatic hydroxyl groups excluding tert-OH is 1. The average molecular weight is 505 g/mol. The first-order chi connectivity index (χ1) is 16.7. The Kier molecular flexibility index (Phi) is 6.23. The topological polar surface area (TPSA) is 61.6 Å². The van der Waals surface area contributed by atoms with Crippen LogP contribution in [0, 0.1) is 0 Å². The summed E-state index contributed by atoms with van der Waals surface area (Å²) in [5.74, 6) is -0.255. The van der Waals surface area contributed by atoms with Crippen LogP contribution in [0.15, 0.2) is 61.1 Å². The SMILES string of the molecule is O=C(N1CC(O)C1)N1CC(c2ccc(C(F)(F)F)cc2)CC(c2cn(-c3cccc(Cl)c3)cn2)C1. The highest BCUT2D eigenvalue weighted by molar-refractivity contribution is 6.30. The molecule has 3 heterocycles. The van der Waals surface area contributed by atoms with Crippen LogP contribution in [0.1, 0.15) is 35.1 Å². The number of imidazole rings is 1. The number of rotatable bonds is 3. The Morgan fingerprint density at radius 2 is 1.69 bits per heavy atom. The molecule has 2 unspecified atom stereocenters. The molecule has 6 nitrogen and oxygen atoms in total. The Morgan fingerprint density at radius 1 is 1.00 bits per heavy atom. The number of aliphatic hydroxyl groups is 1. The molecular formula is C25H24ClF3N4O2. The fourth-order valence-electron chi connectivity index (χ4n) is 4.79. The Morgan fingerprint density at radius 3 is 2.34 bits per heavy atom. The van der Waals surface area contributed by atoms with E-state index in [-0.39, 0.29) is 31.0 Å². The smallest absolute Gasteiger partial charge is 0.389 e. The Hall–Kier alpha value is -3.04. The zero-order valence-electron chi connectivity index (χ0n) is 18.7. The average Bonchev–Trinajstić information content (AvgIpc) is 3.31. The van der Waals surface area contributed by atoms with E-state index in [1.165, 1.54) is 12.1 Å². The first-order valence-corrected chi connectivity index (χ1v) is 11.7. The molecule has 2 saturated heterocycles. The number of benzene rings is 2. The molecule has 5 rings (SSSR count). The third-order valence-electron chi connectivity index (χ3n) is 6.69. The Labute approximate surface area is 205 Å². The van der Waals surface area contributed by atoms with Crippen LogP contribution in [0.2, 0.25) is 5.02 Å². The maximum atomic E-state index is 13.1. The second-order valence-electron chi connectivity index (χ2n) is 9.18. The number of alkyl halides is 3. The van der Waals surface area contributed by atoms with Gasteiger partial charge >= 0.3 is 12.2 Å². The zero-order chi connectivity index (χ0) is 24.7. The largest absolute Gasteiger partial charge is 0.416 e. The lowest BCUT2D eigenvalue weighted by Crippen LogP contribution is -2.59. The predicted octanol–water partition coefficient (Wildman–Crippen LogP) is 4.91. The van der Waals surface area contributed by atoms with E-state index in [0.29, 0.717) is 24.5 Å². The number of hydrogen-bond acceptors (Lipinski definition) is 3. The van der Waals surface area contributed by atoms with Crippen molar-refractivity contribution < 1.29 is 23.1 Å². The van der Waals surface area contributed by atoms with Gasteiger partial charge in [-0.3, -0.25) is 0 Å². The van der Waals surface area contributed by atoms with Gasteiger partial charge in [0.2, 0.25) is 0 Å². The van der Waals surface area contributed by atoms with Crippen molar-refractivity contribution in [2.24, 2.45) is 0 Å². The summed E-state index contributed by atoms with van der Waals surface area (Å²) >= 11 is 6.12. The van der Waals surface area contributed by atoms with Crippen molar-refractivity contribution >= 4 is 17.6 Å². The molecule has 0 saturated carbocycles. The van der Waals surface area contributed by atoms with Crippen LogP contribution in [0.4, 0.5) is 18.0 Å². The summed E-state index contributed by atoms with van der Waals surface area (Å²) < 4.78 is 41.0. The first-order valence-electron chi connectivity index (χ1n) is 11.4. The number of urea groups is 1. The molecule has 1 N–H and O–H groups in total. The summed E-state index contributed by atoms with van der Waals surface area (Å²) in [6.07, 6.45) is -0.674. The number of amides is 2. The third kappa shape index (κ3) is 5.01. The van der Waals surface area contributed by atoms with E-state index in [1.807, 2.05) is 29.0 Å². The molecule has 0 spiro atoms. The molecule has 2 aliphatic heterocycles. The summed E-state index contributed by atoms with van der Waals surface area (Å²) in [6, 6.07) is 12.4. The van der Waals surface area contributed by atoms with E-state index in [4.69, 9.17) is 11.6 Å². The van der Waals surface area contributed by atoms with Gasteiger partial charge in [-0.15, -0.1) is 0 Å². The van der Waals surface area contributed by atoms with Crippen LogP contribution in [-0.2, 0) is 6.18 Å². The number of carbonyl (C=O) groups excluding carboxylic acids is 1. The lowest BCUT2D eigenvalue weighted by molar-refractivity contribution is -0.137. The predicted molar refractivity (Wildman–Crippen MR) is 125 cm³/mol. The molecule has 0 bridgehead atoms. The van der Waals surface area contributed by atoms with Crippen molar-refractivity contribution in [3.8, 4) is 5.69 Å². The molecule has 2 atom stereocenters. The van der Waals surface area contributed by atoms with Gasteiger partial charge in [-0.25, -0.2) is 9.78 Å². The molecule has 3 aromatic rings. The van der Waals surface area contributed by atoms with Crippen LogP contribution in [0.5, 0.6) is 0 Å². The van der Waals surface area contributed by atoms with Gasteiger partial charge in [0.15, 0.2) is 0 Å². The van der Waals surface area contributed by atoms with E-state index in [2.05, 4.69) is 4.98 Å². The second kappa shape index (κ2) is 9.20. The molecule has 2 aliphatic rings. The number of β-amino-alcohol motifs (C(OH)–C–C–N with tert-alkyl or cyclic N) is 1. The fourth-order valence-corrected chi connectivity index (χ4v) is 4.98. The third-order valence-corrected chi connectivity index (χ3v) is 6.93.